The van der Waals surface area contributed by atoms with Crippen LogP contribution in [-0.2, 0) is 0 Å². The topological polar surface area (TPSA) is 73.9 Å². The van der Waals surface area contributed by atoms with Gasteiger partial charge in [-0.1, -0.05) is 13.8 Å². The lowest BCUT2D eigenvalue weighted by Crippen LogP contribution is -2.39. The number of rotatable bonds is 5. The number of nitrogens with one attached hydrogen (secondary N) is 2. The van der Waals surface area contributed by atoms with Crippen LogP contribution in [-0.4, -0.2) is 52.7 Å². The third-order valence-electron chi connectivity index (χ3n) is 3.95. The average molecular weight is 279 g/mol. The Bertz CT molecular complexity index is 435. The van der Waals surface area contributed by atoms with Crippen molar-refractivity contribution < 1.29 is 4.79 Å². The fourth-order valence-corrected chi connectivity index (χ4v) is 2.54. The van der Waals surface area contributed by atoms with Crippen LogP contribution < -0.4 is 5.32 Å². The Balaban J connectivity index is 1.87. The molecular weight excluding hydrogens is 254 g/mol. The lowest BCUT2D eigenvalue weighted by atomic mass is 9.93. The van der Waals surface area contributed by atoms with Crippen molar-refractivity contribution in [2.45, 2.75) is 39.0 Å². The van der Waals surface area contributed by atoms with Crippen molar-refractivity contribution in [1.82, 2.24) is 25.4 Å². The second-order valence-electron chi connectivity index (χ2n) is 5.83. The summed E-state index contributed by atoms with van der Waals surface area (Å²) in [6.07, 6.45) is 3.35. The molecule has 1 amide bonds. The van der Waals surface area contributed by atoms with Crippen LogP contribution in [0.25, 0.3) is 0 Å². The van der Waals surface area contributed by atoms with E-state index in [0.29, 0.717) is 5.82 Å². The summed E-state index contributed by atoms with van der Waals surface area (Å²) in [6.45, 7) is 6.75. The van der Waals surface area contributed by atoms with Gasteiger partial charge in [0.05, 0.1) is 0 Å². The van der Waals surface area contributed by atoms with Gasteiger partial charge in [-0.05, 0) is 38.8 Å². The number of amides is 1. The average Bonchev–Trinajstić information content (AvgIpc) is 2.95. The Morgan fingerprint density at radius 3 is 2.70 bits per heavy atom. The van der Waals surface area contributed by atoms with Crippen LogP contribution in [0, 0.1) is 5.92 Å². The zero-order valence-electron chi connectivity index (χ0n) is 12.6. The van der Waals surface area contributed by atoms with E-state index in [1.807, 2.05) is 25.8 Å². The summed E-state index contributed by atoms with van der Waals surface area (Å²) in [5.41, 5.74) is 0. The van der Waals surface area contributed by atoms with Gasteiger partial charge >= 0.3 is 0 Å². The third kappa shape index (κ3) is 3.56. The first-order valence-electron chi connectivity index (χ1n) is 7.48. The molecule has 2 rings (SSSR count). The summed E-state index contributed by atoms with van der Waals surface area (Å²) in [6, 6.07) is 0. The molecule has 112 valence electrons. The molecule has 2 N–H and O–H groups in total. The van der Waals surface area contributed by atoms with Crippen LogP contribution in [0.4, 0.5) is 0 Å². The predicted molar refractivity (Wildman–Crippen MR) is 77.6 cm³/mol. The van der Waals surface area contributed by atoms with Gasteiger partial charge in [0.25, 0.3) is 5.91 Å². The van der Waals surface area contributed by atoms with Crippen LogP contribution in [0.5, 0.6) is 0 Å². The molecule has 6 heteroatoms. The first kappa shape index (κ1) is 15.0. The molecule has 0 radical (unpaired) electrons. The van der Waals surface area contributed by atoms with Crippen molar-refractivity contribution >= 4 is 5.91 Å². The van der Waals surface area contributed by atoms with Gasteiger partial charge in [-0.2, -0.15) is 0 Å². The van der Waals surface area contributed by atoms with E-state index in [4.69, 9.17) is 0 Å². The molecule has 1 aromatic heterocycles. The Morgan fingerprint density at radius 2 is 2.15 bits per heavy atom. The number of hydrogen-bond donors (Lipinski definition) is 2. The van der Waals surface area contributed by atoms with Crippen LogP contribution >= 0.6 is 0 Å². The SMILES string of the molecule is CNCCC1CCN(C(=O)c2n[nH]c(C(C)C)n2)CC1. The van der Waals surface area contributed by atoms with Crippen molar-refractivity contribution in [2.24, 2.45) is 5.92 Å². The number of likely N-dealkylation sites (tertiary alicyclic amines) is 1. The Labute approximate surface area is 120 Å². The van der Waals surface area contributed by atoms with Gasteiger partial charge in [0.15, 0.2) is 0 Å². The zero-order valence-corrected chi connectivity index (χ0v) is 12.6. The molecule has 1 fully saturated rings. The van der Waals surface area contributed by atoms with Crippen molar-refractivity contribution in [3.8, 4) is 0 Å². The summed E-state index contributed by atoms with van der Waals surface area (Å²) >= 11 is 0. The molecule has 0 aliphatic carbocycles. The van der Waals surface area contributed by atoms with E-state index in [9.17, 15) is 4.79 Å². The fraction of sp³-hybridized carbons (Fsp3) is 0.786. The van der Waals surface area contributed by atoms with Crippen LogP contribution in [0.15, 0.2) is 0 Å². The molecule has 0 spiro atoms. The molecule has 1 aliphatic heterocycles. The highest BCUT2D eigenvalue weighted by atomic mass is 16.2. The Hall–Kier alpha value is -1.43. The number of aromatic amines is 1. The van der Waals surface area contributed by atoms with Gasteiger partial charge in [-0.25, -0.2) is 4.98 Å². The summed E-state index contributed by atoms with van der Waals surface area (Å²) in [5.74, 6) is 2.03. The van der Waals surface area contributed by atoms with Gasteiger partial charge < -0.3 is 10.2 Å². The number of nitrogens with zero attached hydrogens (tertiary/aromatic N) is 3. The molecule has 0 saturated carbocycles. The maximum absolute atomic E-state index is 12.3. The first-order chi connectivity index (χ1) is 9.61. The maximum atomic E-state index is 12.3. The van der Waals surface area contributed by atoms with Crippen molar-refractivity contribution in [3.05, 3.63) is 11.6 Å². The monoisotopic (exact) mass is 279 g/mol. The molecule has 1 saturated heterocycles. The number of piperidine rings is 1. The van der Waals surface area contributed by atoms with Gasteiger partial charge in [0.1, 0.15) is 5.82 Å². The molecule has 6 nitrogen and oxygen atoms in total. The maximum Gasteiger partial charge on any atom is 0.293 e. The van der Waals surface area contributed by atoms with Gasteiger partial charge in [-0.3, -0.25) is 9.89 Å². The highest BCUT2D eigenvalue weighted by Crippen LogP contribution is 2.21. The van der Waals surface area contributed by atoms with Crippen molar-refractivity contribution in [1.29, 1.82) is 0 Å². The summed E-state index contributed by atoms with van der Waals surface area (Å²) < 4.78 is 0. The molecule has 2 heterocycles. The lowest BCUT2D eigenvalue weighted by molar-refractivity contribution is 0.0675. The van der Waals surface area contributed by atoms with Crippen molar-refractivity contribution in [3.63, 3.8) is 0 Å². The van der Waals surface area contributed by atoms with E-state index in [0.717, 1.165) is 44.2 Å². The molecule has 1 aliphatic rings. The standard InChI is InChI=1S/C14H25N5O/c1-10(2)12-16-13(18-17-12)14(20)19-8-5-11(6-9-19)4-7-15-3/h10-11,15H,4-9H2,1-3H3,(H,16,17,18). The first-order valence-corrected chi connectivity index (χ1v) is 7.48. The normalized spacial score (nSPS) is 16.9. The van der Waals surface area contributed by atoms with E-state index in [1.54, 1.807) is 0 Å². The smallest absolute Gasteiger partial charge is 0.293 e. The predicted octanol–water partition coefficient (Wildman–Crippen LogP) is 1.39. The lowest BCUT2D eigenvalue weighted by Gasteiger charge is -2.31. The zero-order chi connectivity index (χ0) is 14.5. The highest BCUT2D eigenvalue weighted by molar-refractivity contribution is 5.90. The van der Waals surface area contributed by atoms with E-state index >= 15 is 0 Å². The number of carbonyl (C=O) groups is 1. The quantitative estimate of drug-likeness (QED) is 0.854. The molecule has 0 unspecified atom stereocenters. The molecule has 20 heavy (non-hydrogen) atoms. The number of aromatic nitrogens is 3. The summed E-state index contributed by atoms with van der Waals surface area (Å²) in [7, 11) is 1.98. The fourth-order valence-electron chi connectivity index (χ4n) is 2.54. The Morgan fingerprint density at radius 1 is 1.45 bits per heavy atom. The van der Waals surface area contributed by atoms with Crippen molar-refractivity contribution in [2.75, 3.05) is 26.7 Å². The van der Waals surface area contributed by atoms with Crippen LogP contribution in [0.3, 0.4) is 0 Å². The van der Waals surface area contributed by atoms with E-state index in [1.165, 1.54) is 6.42 Å². The highest BCUT2D eigenvalue weighted by Gasteiger charge is 2.25. The number of hydrogen-bond acceptors (Lipinski definition) is 4. The molecular formula is C14H25N5O. The van der Waals surface area contributed by atoms with Gasteiger partial charge in [0.2, 0.25) is 5.82 Å². The minimum Gasteiger partial charge on any atom is -0.336 e. The minimum absolute atomic E-state index is 0.0415. The summed E-state index contributed by atoms with van der Waals surface area (Å²) in [4.78, 5) is 18.5. The number of carbonyl (C=O) groups excluding carboxylic acids is 1. The van der Waals surface area contributed by atoms with Gasteiger partial charge in [-0.15, -0.1) is 5.10 Å². The van der Waals surface area contributed by atoms with Crippen LogP contribution in [0.2, 0.25) is 0 Å². The van der Waals surface area contributed by atoms with E-state index < -0.39 is 0 Å². The minimum atomic E-state index is -0.0415. The van der Waals surface area contributed by atoms with E-state index in [-0.39, 0.29) is 11.8 Å². The summed E-state index contributed by atoms with van der Waals surface area (Å²) in [5, 5.41) is 10.1. The van der Waals surface area contributed by atoms with Gasteiger partial charge in [0, 0.05) is 19.0 Å². The molecule has 0 atom stereocenters. The molecule has 1 aromatic rings. The van der Waals surface area contributed by atoms with Crippen LogP contribution in [0.1, 0.15) is 55.5 Å². The number of H-pyrrole nitrogens is 1. The Kier molecular flexibility index (Phi) is 5.11. The second-order valence-corrected chi connectivity index (χ2v) is 5.83. The van der Waals surface area contributed by atoms with E-state index in [2.05, 4.69) is 20.5 Å². The second kappa shape index (κ2) is 6.83. The third-order valence-corrected chi connectivity index (χ3v) is 3.95. The largest absolute Gasteiger partial charge is 0.336 e. The molecule has 0 aromatic carbocycles. The molecule has 0 bridgehead atoms.